The molecule has 12 atom stereocenters. The molecule has 0 aromatic heterocycles. The van der Waals surface area contributed by atoms with E-state index in [1.807, 2.05) is 73.5 Å². The number of carbonyl (C=O) groups excluding carboxylic acids is 2. The molecule has 2 heterocycles. The van der Waals surface area contributed by atoms with E-state index in [2.05, 4.69) is 0 Å². The number of cyclic esters (lactones) is 1. The highest BCUT2D eigenvalue weighted by atomic mass is 16.7. The van der Waals surface area contributed by atoms with Gasteiger partial charge in [-0.1, -0.05) is 40.7 Å². The number of aliphatic hydroxyl groups is 2. The van der Waals surface area contributed by atoms with Gasteiger partial charge in [0.05, 0.1) is 24.2 Å². The first-order valence-corrected chi connectivity index (χ1v) is 14.0. The largest absolute Gasteiger partial charge is 0.461 e. The summed E-state index contributed by atoms with van der Waals surface area (Å²) in [4.78, 5) is 28.3. The van der Waals surface area contributed by atoms with Gasteiger partial charge in [-0.3, -0.25) is 9.59 Å². The number of nitrogens with zero attached hydrogens (tertiary/aromatic N) is 1. The van der Waals surface area contributed by atoms with Crippen LogP contribution < -0.4 is 0 Å². The molecule has 8 heteroatoms. The minimum absolute atomic E-state index is 0.0486. The van der Waals surface area contributed by atoms with Gasteiger partial charge in [0, 0.05) is 23.8 Å². The first-order chi connectivity index (χ1) is 17.2. The Morgan fingerprint density at radius 3 is 2.22 bits per heavy atom. The van der Waals surface area contributed by atoms with Gasteiger partial charge in [-0.25, -0.2) is 0 Å². The lowest BCUT2D eigenvalue weighted by Gasteiger charge is -2.44. The van der Waals surface area contributed by atoms with Crippen LogP contribution in [0.2, 0.25) is 0 Å². The summed E-state index contributed by atoms with van der Waals surface area (Å²) in [7, 11) is 3.83. The van der Waals surface area contributed by atoms with Gasteiger partial charge in [0.2, 0.25) is 0 Å². The van der Waals surface area contributed by atoms with Gasteiger partial charge in [-0.2, -0.15) is 0 Å². The third kappa shape index (κ3) is 7.85. The van der Waals surface area contributed by atoms with Crippen molar-refractivity contribution in [1.82, 2.24) is 4.90 Å². The summed E-state index contributed by atoms with van der Waals surface area (Å²) < 4.78 is 18.3. The molecule has 2 aliphatic rings. The summed E-state index contributed by atoms with van der Waals surface area (Å²) in [6, 6.07) is -0.141. The predicted molar refractivity (Wildman–Crippen MR) is 143 cm³/mol. The van der Waals surface area contributed by atoms with Gasteiger partial charge in [-0.15, -0.1) is 0 Å². The zero-order chi connectivity index (χ0) is 28.2. The van der Waals surface area contributed by atoms with E-state index in [1.54, 1.807) is 6.92 Å². The lowest BCUT2D eigenvalue weighted by atomic mass is 9.79. The van der Waals surface area contributed by atoms with Gasteiger partial charge in [0.15, 0.2) is 12.1 Å². The van der Waals surface area contributed by atoms with Crippen LogP contribution >= 0.6 is 0 Å². The Labute approximate surface area is 223 Å². The minimum Gasteiger partial charge on any atom is -0.461 e. The summed E-state index contributed by atoms with van der Waals surface area (Å²) in [5, 5.41) is 22.4. The number of aliphatic hydroxyl groups excluding tert-OH is 2. The SMILES string of the molecule is CC[C@H]1OC(=O)[C@H](C)[C@@H](O)[C@H](C)[C@@H](OC2OC(C)CC(N(C)C)C2O)[C@@H](C)C[C@@H](C)C(=O)/C(C)=C/[C@H]1C. The normalized spacial score (nSPS) is 44.6. The van der Waals surface area contributed by atoms with Crippen LogP contribution in [0.1, 0.15) is 74.7 Å². The van der Waals surface area contributed by atoms with Gasteiger partial charge < -0.3 is 29.3 Å². The number of rotatable bonds is 4. The Morgan fingerprint density at radius 1 is 1.03 bits per heavy atom. The molecule has 0 spiro atoms. The van der Waals surface area contributed by atoms with Crippen LogP contribution in [0.25, 0.3) is 0 Å². The molecule has 2 aliphatic heterocycles. The average Bonchev–Trinajstić information content (AvgIpc) is 2.84. The van der Waals surface area contributed by atoms with Crippen LogP contribution in [-0.4, -0.2) is 83.8 Å². The van der Waals surface area contributed by atoms with Crippen molar-refractivity contribution >= 4 is 11.8 Å². The molecule has 0 radical (unpaired) electrons. The number of ketones is 1. The third-order valence-electron chi connectivity index (χ3n) is 8.40. The van der Waals surface area contributed by atoms with Gasteiger partial charge >= 0.3 is 5.97 Å². The van der Waals surface area contributed by atoms with Crippen LogP contribution in [0.3, 0.4) is 0 Å². The number of hydrogen-bond donors (Lipinski definition) is 2. The molecule has 37 heavy (non-hydrogen) atoms. The smallest absolute Gasteiger partial charge is 0.311 e. The van der Waals surface area contributed by atoms with Crippen molar-refractivity contribution in [1.29, 1.82) is 0 Å². The summed E-state index contributed by atoms with van der Waals surface area (Å²) >= 11 is 0. The quantitative estimate of drug-likeness (QED) is 0.537. The molecular weight excluding hydrogens is 474 g/mol. The molecule has 2 rings (SSSR count). The van der Waals surface area contributed by atoms with E-state index in [0.29, 0.717) is 24.8 Å². The second kappa shape index (κ2) is 13.7. The molecule has 2 N–H and O–H groups in total. The maximum atomic E-state index is 13.2. The average molecular weight is 526 g/mol. The summed E-state index contributed by atoms with van der Waals surface area (Å²) in [5.41, 5.74) is 0.658. The number of allylic oxidation sites excluding steroid dienone is 1. The number of Topliss-reactive ketones (excluding diaryl/α,β-unsaturated/α-hetero) is 1. The van der Waals surface area contributed by atoms with Crippen molar-refractivity contribution in [2.24, 2.45) is 29.6 Å². The number of carbonyl (C=O) groups is 2. The fraction of sp³-hybridized carbons (Fsp3) is 0.862. The number of ether oxygens (including phenoxy) is 3. The van der Waals surface area contributed by atoms with Crippen molar-refractivity contribution in [2.45, 2.75) is 118 Å². The molecule has 0 aromatic carbocycles. The van der Waals surface area contributed by atoms with Gasteiger partial charge in [0.25, 0.3) is 0 Å². The van der Waals surface area contributed by atoms with Gasteiger partial charge in [0.1, 0.15) is 12.2 Å². The molecule has 0 bridgehead atoms. The second-order valence-electron chi connectivity index (χ2n) is 11.9. The zero-order valence-electron chi connectivity index (χ0n) is 24.5. The molecule has 4 unspecified atom stereocenters. The monoisotopic (exact) mass is 525 g/mol. The first-order valence-electron chi connectivity index (χ1n) is 14.0. The van der Waals surface area contributed by atoms with Gasteiger partial charge in [-0.05, 0) is 65.6 Å². The molecule has 1 fully saturated rings. The molecule has 1 saturated heterocycles. The Balaban J connectivity index is 2.43. The van der Waals surface area contributed by atoms with E-state index < -0.39 is 42.4 Å². The third-order valence-corrected chi connectivity index (χ3v) is 8.40. The van der Waals surface area contributed by atoms with Crippen LogP contribution in [0, 0.1) is 29.6 Å². The van der Waals surface area contributed by atoms with Crippen LogP contribution in [0.15, 0.2) is 11.6 Å². The Morgan fingerprint density at radius 2 is 1.65 bits per heavy atom. The lowest BCUT2D eigenvalue weighted by molar-refractivity contribution is -0.283. The Hall–Kier alpha value is -1.32. The second-order valence-corrected chi connectivity index (χ2v) is 11.9. The van der Waals surface area contributed by atoms with E-state index in [9.17, 15) is 19.8 Å². The molecule has 0 aliphatic carbocycles. The highest BCUT2D eigenvalue weighted by Gasteiger charge is 2.43. The van der Waals surface area contributed by atoms with E-state index in [4.69, 9.17) is 14.2 Å². The lowest BCUT2D eigenvalue weighted by Crippen LogP contribution is -2.56. The molecule has 0 amide bonds. The van der Waals surface area contributed by atoms with E-state index >= 15 is 0 Å². The van der Waals surface area contributed by atoms with E-state index in [0.717, 1.165) is 0 Å². The number of esters is 1. The first kappa shape index (κ1) is 31.9. The summed E-state index contributed by atoms with van der Waals surface area (Å²) in [6.45, 7) is 15.1. The van der Waals surface area contributed by atoms with Crippen molar-refractivity contribution in [3.8, 4) is 0 Å². The van der Waals surface area contributed by atoms with E-state index in [-0.39, 0.29) is 41.8 Å². The highest BCUT2D eigenvalue weighted by molar-refractivity contribution is 5.96. The van der Waals surface area contributed by atoms with Crippen molar-refractivity contribution in [2.75, 3.05) is 14.1 Å². The minimum atomic E-state index is -1.04. The fourth-order valence-electron chi connectivity index (χ4n) is 5.97. The maximum absolute atomic E-state index is 13.2. The van der Waals surface area contributed by atoms with Crippen LogP contribution in [0.5, 0.6) is 0 Å². The number of hydrogen-bond acceptors (Lipinski definition) is 8. The topological polar surface area (TPSA) is 106 Å². The predicted octanol–water partition coefficient (Wildman–Crippen LogP) is 3.58. The van der Waals surface area contributed by atoms with Crippen LogP contribution in [-0.2, 0) is 23.8 Å². The van der Waals surface area contributed by atoms with E-state index in [1.165, 1.54) is 0 Å². The number of likely N-dealkylation sites (N-methyl/N-ethyl adjacent to an activating group) is 1. The summed E-state index contributed by atoms with van der Waals surface area (Å²) in [5.74, 6) is -2.22. The van der Waals surface area contributed by atoms with Crippen LogP contribution in [0.4, 0.5) is 0 Å². The summed E-state index contributed by atoms with van der Waals surface area (Å²) in [6.07, 6.45) is -0.193. The highest BCUT2D eigenvalue weighted by Crippen LogP contribution is 2.34. The molecule has 0 aromatic rings. The Bertz CT molecular complexity index is 799. The standard InChI is InChI=1S/C29H51NO7/c1-11-23-15(2)12-16(3)24(31)17(4)13-18(5)27(20(7)25(32)21(8)28(34)36-23)37-29-26(33)22(30(9)10)14-19(6)35-29/h12,15,17-23,25-27,29,32-33H,11,13-14H2,1-10H3/b16-12+/t15-,17-,18+,19?,20+,21-,22?,23-,25+,26?,27+,29?/m1/s1. The van der Waals surface area contributed by atoms with Crippen molar-refractivity contribution < 1.29 is 34.0 Å². The molecule has 214 valence electrons. The van der Waals surface area contributed by atoms with Crippen molar-refractivity contribution in [3.05, 3.63) is 11.6 Å². The fourth-order valence-corrected chi connectivity index (χ4v) is 5.97. The molecular formula is C29H51NO7. The zero-order valence-corrected chi connectivity index (χ0v) is 24.5. The maximum Gasteiger partial charge on any atom is 0.311 e. The Kier molecular flexibility index (Phi) is 11.8. The molecule has 8 nitrogen and oxygen atoms in total. The molecule has 0 saturated carbocycles. The van der Waals surface area contributed by atoms with Crippen molar-refractivity contribution in [3.63, 3.8) is 0 Å².